The first-order chi connectivity index (χ1) is 15.3. The second kappa shape index (κ2) is 10.9. The number of hydrogen-bond acceptors (Lipinski definition) is 5. The Balaban J connectivity index is 1.85. The molecule has 0 unspecified atom stereocenters. The third kappa shape index (κ3) is 5.88. The summed E-state index contributed by atoms with van der Waals surface area (Å²) < 4.78 is 34.0. The van der Waals surface area contributed by atoms with E-state index in [9.17, 15) is 13.2 Å². The first kappa shape index (κ1) is 24.2. The van der Waals surface area contributed by atoms with Gasteiger partial charge in [-0.3, -0.25) is 4.79 Å². The molecule has 1 saturated heterocycles. The summed E-state index contributed by atoms with van der Waals surface area (Å²) in [6.45, 7) is 10.1. The van der Waals surface area contributed by atoms with Crippen LogP contribution in [0.4, 0.5) is 0 Å². The van der Waals surface area contributed by atoms with Gasteiger partial charge in [0.05, 0.1) is 18.0 Å². The fourth-order valence-electron chi connectivity index (χ4n) is 3.83. The number of sulfonamides is 1. The number of nitrogens with zero attached hydrogens (tertiary/aromatic N) is 3. The summed E-state index contributed by atoms with van der Waals surface area (Å²) in [7, 11) is -3.88. The van der Waals surface area contributed by atoms with Gasteiger partial charge in [0, 0.05) is 32.7 Å². The molecule has 1 aliphatic rings. The minimum atomic E-state index is -3.88. The maximum absolute atomic E-state index is 13.6. The van der Waals surface area contributed by atoms with Crippen LogP contribution in [0.3, 0.4) is 0 Å². The van der Waals surface area contributed by atoms with Crippen molar-refractivity contribution in [3.05, 3.63) is 59.7 Å². The van der Waals surface area contributed by atoms with Gasteiger partial charge in [0.2, 0.25) is 15.9 Å². The number of likely N-dealkylation sites (N-methyl/N-ethyl adjacent to an activating group) is 1. The Morgan fingerprint density at radius 1 is 1.03 bits per heavy atom. The molecular formula is C24H33N3O4S. The van der Waals surface area contributed by atoms with Gasteiger partial charge < -0.3 is 14.5 Å². The zero-order valence-electron chi connectivity index (χ0n) is 19.2. The maximum Gasteiger partial charge on any atom is 0.243 e. The van der Waals surface area contributed by atoms with Crippen molar-refractivity contribution in [2.75, 3.05) is 45.9 Å². The van der Waals surface area contributed by atoms with Gasteiger partial charge >= 0.3 is 0 Å². The molecule has 2 aromatic carbocycles. The second-order valence-corrected chi connectivity index (χ2v) is 9.87. The predicted octanol–water partition coefficient (Wildman–Crippen LogP) is 2.75. The number of amides is 1. The van der Waals surface area contributed by atoms with Crippen molar-refractivity contribution < 1.29 is 17.9 Å². The maximum atomic E-state index is 13.6. The van der Waals surface area contributed by atoms with Gasteiger partial charge in [-0.2, -0.15) is 4.31 Å². The van der Waals surface area contributed by atoms with Gasteiger partial charge in [-0.1, -0.05) is 37.3 Å². The second-order valence-electron chi connectivity index (χ2n) is 7.93. The lowest BCUT2D eigenvalue weighted by atomic mass is 10.2. The predicted molar refractivity (Wildman–Crippen MR) is 125 cm³/mol. The lowest BCUT2D eigenvalue weighted by Gasteiger charge is -2.35. The SMILES string of the molecule is CCOc1ccc(S(=O)(=O)N(CC(=O)N2CCN(CC)CC2)Cc2ccccc2)cc1C. The van der Waals surface area contributed by atoms with Crippen molar-refractivity contribution in [1.82, 2.24) is 14.1 Å². The average molecular weight is 460 g/mol. The Labute approximate surface area is 191 Å². The molecule has 2 aromatic rings. The first-order valence-corrected chi connectivity index (χ1v) is 12.6. The summed E-state index contributed by atoms with van der Waals surface area (Å²) in [5.41, 5.74) is 1.58. The van der Waals surface area contributed by atoms with Crippen molar-refractivity contribution in [1.29, 1.82) is 0 Å². The smallest absolute Gasteiger partial charge is 0.243 e. The number of carbonyl (C=O) groups is 1. The summed E-state index contributed by atoms with van der Waals surface area (Å²) in [6, 6.07) is 14.2. The summed E-state index contributed by atoms with van der Waals surface area (Å²) >= 11 is 0. The first-order valence-electron chi connectivity index (χ1n) is 11.1. The Hall–Kier alpha value is -2.42. The monoisotopic (exact) mass is 459 g/mol. The summed E-state index contributed by atoms with van der Waals surface area (Å²) in [6.07, 6.45) is 0. The van der Waals surface area contributed by atoms with Gasteiger partial charge in [0.1, 0.15) is 5.75 Å². The molecule has 8 heteroatoms. The van der Waals surface area contributed by atoms with E-state index in [4.69, 9.17) is 4.74 Å². The van der Waals surface area contributed by atoms with Crippen LogP contribution < -0.4 is 4.74 Å². The minimum absolute atomic E-state index is 0.135. The molecule has 1 fully saturated rings. The van der Waals surface area contributed by atoms with E-state index in [1.165, 1.54) is 4.31 Å². The zero-order chi connectivity index (χ0) is 23.1. The highest BCUT2D eigenvalue weighted by Gasteiger charge is 2.30. The van der Waals surface area contributed by atoms with Gasteiger partial charge in [-0.25, -0.2) is 8.42 Å². The van der Waals surface area contributed by atoms with Gasteiger partial charge in [0.25, 0.3) is 0 Å². The quantitative estimate of drug-likeness (QED) is 0.577. The molecule has 0 spiro atoms. The molecule has 7 nitrogen and oxygen atoms in total. The fourth-order valence-corrected chi connectivity index (χ4v) is 5.29. The molecule has 3 rings (SSSR count). The van der Waals surface area contributed by atoms with Crippen molar-refractivity contribution in [2.24, 2.45) is 0 Å². The van der Waals surface area contributed by atoms with Crippen LogP contribution in [0.15, 0.2) is 53.4 Å². The van der Waals surface area contributed by atoms with Crippen LogP contribution in [0.25, 0.3) is 0 Å². The molecule has 0 N–H and O–H groups in total. The van der Waals surface area contributed by atoms with Gasteiger partial charge in [0.15, 0.2) is 0 Å². The largest absolute Gasteiger partial charge is 0.494 e. The number of piperazine rings is 1. The summed E-state index contributed by atoms with van der Waals surface area (Å²) in [5, 5.41) is 0. The Kier molecular flexibility index (Phi) is 8.28. The molecule has 1 heterocycles. The van der Waals surface area contributed by atoms with Crippen LogP contribution in [0, 0.1) is 6.92 Å². The lowest BCUT2D eigenvalue weighted by Crippen LogP contribution is -2.51. The topological polar surface area (TPSA) is 70.2 Å². The third-order valence-electron chi connectivity index (χ3n) is 5.77. The van der Waals surface area contributed by atoms with Crippen LogP contribution in [-0.4, -0.2) is 74.3 Å². The lowest BCUT2D eigenvalue weighted by molar-refractivity contribution is -0.133. The van der Waals surface area contributed by atoms with Crippen molar-refractivity contribution in [2.45, 2.75) is 32.2 Å². The highest BCUT2D eigenvalue weighted by atomic mass is 32.2. The molecule has 0 radical (unpaired) electrons. The highest BCUT2D eigenvalue weighted by Crippen LogP contribution is 2.25. The van der Waals surface area contributed by atoms with Crippen molar-refractivity contribution in [3.8, 4) is 5.75 Å². The van der Waals surface area contributed by atoms with Crippen molar-refractivity contribution >= 4 is 15.9 Å². The van der Waals surface area contributed by atoms with E-state index >= 15 is 0 Å². The molecule has 1 aliphatic heterocycles. The molecule has 1 amide bonds. The minimum Gasteiger partial charge on any atom is -0.494 e. The molecule has 0 aliphatic carbocycles. The van der Waals surface area contributed by atoms with E-state index < -0.39 is 10.0 Å². The standard InChI is InChI=1S/C24H33N3O4S/c1-4-25-13-15-26(16-14-25)24(28)19-27(18-21-9-7-6-8-10-21)32(29,30)22-11-12-23(31-5-2)20(3)17-22/h6-12,17H,4-5,13-16,18-19H2,1-3H3. The fraction of sp³-hybridized carbons (Fsp3) is 0.458. The number of benzene rings is 2. The van der Waals surface area contributed by atoms with Gasteiger partial charge in [-0.05, 0) is 49.7 Å². The van der Waals surface area contributed by atoms with E-state index in [-0.39, 0.29) is 23.9 Å². The summed E-state index contributed by atoms with van der Waals surface area (Å²) in [4.78, 5) is 17.3. The molecule has 0 bridgehead atoms. The highest BCUT2D eigenvalue weighted by molar-refractivity contribution is 7.89. The molecule has 174 valence electrons. The van der Waals surface area contributed by atoms with Crippen LogP contribution in [0.5, 0.6) is 5.75 Å². The van der Waals surface area contributed by atoms with Crippen LogP contribution in [0.2, 0.25) is 0 Å². The summed E-state index contributed by atoms with van der Waals surface area (Å²) in [5.74, 6) is 0.494. The number of rotatable bonds is 9. The molecule has 0 aromatic heterocycles. The van der Waals surface area contributed by atoms with Crippen molar-refractivity contribution in [3.63, 3.8) is 0 Å². The molecular weight excluding hydrogens is 426 g/mol. The number of carbonyl (C=O) groups excluding carboxylic acids is 1. The number of aryl methyl sites for hydroxylation is 1. The number of ether oxygens (including phenoxy) is 1. The molecule has 32 heavy (non-hydrogen) atoms. The third-order valence-corrected chi connectivity index (χ3v) is 7.56. The van der Waals surface area contributed by atoms with E-state index in [0.29, 0.717) is 25.4 Å². The van der Waals surface area contributed by atoms with E-state index in [1.807, 2.05) is 44.2 Å². The Morgan fingerprint density at radius 2 is 1.72 bits per heavy atom. The van der Waals surface area contributed by atoms with E-state index in [2.05, 4.69) is 11.8 Å². The number of hydrogen-bond donors (Lipinski definition) is 0. The van der Waals surface area contributed by atoms with Gasteiger partial charge in [-0.15, -0.1) is 0 Å². The van der Waals surface area contributed by atoms with E-state index in [1.54, 1.807) is 23.1 Å². The molecule has 0 atom stereocenters. The van der Waals surface area contributed by atoms with Crippen LogP contribution in [0.1, 0.15) is 25.0 Å². The van der Waals surface area contributed by atoms with Crippen LogP contribution >= 0.6 is 0 Å². The average Bonchev–Trinajstić information content (AvgIpc) is 2.80. The Bertz CT molecular complexity index is 1000. The van der Waals surface area contributed by atoms with E-state index in [0.717, 1.165) is 30.8 Å². The van der Waals surface area contributed by atoms with Crippen LogP contribution in [-0.2, 0) is 21.4 Å². The molecule has 0 saturated carbocycles. The normalized spacial score (nSPS) is 15.2. The zero-order valence-corrected chi connectivity index (χ0v) is 20.0. The Morgan fingerprint density at radius 3 is 2.31 bits per heavy atom.